The van der Waals surface area contributed by atoms with E-state index >= 15 is 0 Å². The van der Waals surface area contributed by atoms with E-state index in [9.17, 15) is 14.9 Å². The molecule has 2 aromatic rings. The standard InChI is InChI=1S/C14H9Cl2NO4/c15-11-2-1-3-13(17(19)20)10(11)8-21-14-5-4-9(7-18)6-12(14)16/h1-7H,8H2. The zero-order chi connectivity index (χ0) is 15.4. The molecule has 2 aromatic carbocycles. The SMILES string of the molecule is O=Cc1ccc(OCc2c(Cl)cccc2[N+](=O)[O-])c(Cl)c1. The Morgan fingerprint density at radius 1 is 1.19 bits per heavy atom. The van der Waals surface area contributed by atoms with E-state index in [-0.39, 0.29) is 27.9 Å². The normalized spacial score (nSPS) is 10.2. The van der Waals surface area contributed by atoms with E-state index in [1.165, 1.54) is 30.3 Å². The molecule has 0 heterocycles. The summed E-state index contributed by atoms with van der Waals surface area (Å²) in [6.07, 6.45) is 0.661. The Kier molecular flexibility index (Phi) is 4.77. The highest BCUT2D eigenvalue weighted by molar-refractivity contribution is 6.32. The molecule has 7 heteroatoms. The van der Waals surface area contributed by atoms with Gasteiger partial charge in [0, 0.05) is 11.6 Å². The average molecular weight is 326 g/mol. The number of nitro groups is 1. The molecule has 5 nitrogen and oxygen atoms in total. The minimum atomic E-state index is -0.526. The molecule has 0 saturated heterocycles. The number of hydrogen-bond acceptors (Lipinski definition) is 4. The lowest BCUT2D eigenvalue weighted by atomic mass is 10.2. The molecule has 0 bridgehead atoms. The van der Waals surface area contributed by atoms with Gasteiger partial charge in [0.15, 0.2) is 0 Å². The summed E-state index contributed by atoms with van der Waals surface area (Å²) in [4.78, 5) is 21.1. The maximum absolute atomic E-state index is 11.0. The van der Waals surface area contributed by atoms with Crippen LogP contribution in [0.1, 0.15) is 15.9 Å². The van der Waals surface area contributed by atoms with Gasteiger partial charge in [-0.1, -0.05) is 29.3 Å². The van der Waals surface area contributed by atoms with Crippen molar-refractivity contribution in [2.75, 3.05) is 0 Å². The second kappa shape index (κ2) is 6.56. The number of benzene rings is 2. The fourth-order valence-corrected chi connectivity index (χ4v) is 2.19. The van der Waals surface area contributed by atoms with Crippen LogP contribution in [0.3, 0.4) is 0 Å². The zero-order valence-corrected chi connectivity index (χ0v) is 12.1. The number of ether oxygens (including phenoxy) is 1. The first-order valence-corrected chi connectivity index (χ1v) is 6.58. The van der Waals surface area contributed by atoms with Crippen molar-refractivity contribution in [3.8, 4) is 5.75 Å². The van der Waals surface area contributed by atoms with Crippen LogP contribution < -0.4 is 4.74 Å². The van der Waals surface area contributed by atoms with Crippen LogP contribution in [0.15, 0.2) is 36.4 Å². The van der Waals surface area contributed by atoms with Crippen molar-refractivity contribution in [1.29, 1.82) is 0 Å². The molecule has 0 N–H and O–H groups in total. The van der Waals surface area contributed by atoms with Crippen LogP contribution in [-0.2, 0) is 6.61 Å². The smallest absolute Gasteiger partial charge is 0.277 e. The molecule has 0 atom stereocenters. The number of halogens is 2. The largest absolute Gasteiger partial charge is 0.487 e. The maximum atomic E-state index is 11.0. The molecule has 0 unspecified atom stereocenters. The molecular formula is C14H9Cl2NO4. The van der Waals surface area contributed by atoms with Gasteiger partial charge in [-0.3, -0.25) is 14.9 Å². The Morgan fingerprint density at radius 3 is 2.57 bits per heavy atom. The van der Waals surface area contributed by atoms with Gasteiger partial charge in [-0.05, 0) is 24.3 Å². The van der Waals surface area contributed by atoms with Gasteiger partial charge in [0.05, 0.1) is 20.5 Å². The van der Waals surface area contributed by atoms with Crippen LogP contribution in [0.4, 0.5) is 5.69 Å². The molecule has 0 aromatic heterocycles. The second-order valence-corrected chi connectivity index (χ2v) is 4.91. The molecule has 0 aliphatic heterocycles. The summed E-state index contributed by atoms with van der Waals surface area (Å²) in [6.45, 7) is -0.101. The number of carbonyl (C=O) groups is 1. The first-order chi connectivity index (χ1) is 10.0. The highest BCUT2D eigenvalue weighted by Crippen LogP contribution is 2.30. The summed E-state index contributed by atoms with van der Waals surface area (Å²) in [7, 11) is 0. The minimum Gasteiger partial charge on any atom is -0.487 e. The van der Waals surface area contributed by atoms with Gasteiger partial charge in [0.25, 0.3) is 5.69 Å². The fraction of sp³-hybridized carbons (Fsp3) is 0.0714. The molecule has 0 aliphatic carbocycles. The maximum Gasteiger partial charge on any atom is 0.277 e. The van der Waals surface area contributed by atoms with Crippen molar-refractivity contribution in [2.45, 2.75) is 6.61 Å². The van der Waals surface area contributed by atoms with Crippen LogP contribution >= 0.6 is 23.2 Å². The third kappa shape index (κ3) is 3.51. The van der Waals surface area contributed by atoms with Crippen LogP contribution in [0.2, 0.25) is 10.0 Å². The van der Waals surface area contributed by atoms with E-state index in [4.69, 9.17) is 27.9 Å². The van der Waals surface area contributed by atoms with Crippen molar-refractivity contribution < 1.29 is 14.5 Å². The van der Waals surface area contributed by atoms with Gasteiger partial charge in [0.1, 0.15) is 18.6 Å². The van der Waals surface area contributed by atoms with Gasteiger partial charge in [-0.2, -0.15) is 0 Å². The number of aldehydes is 1. The Balaban J connectivity index is 2.24. The van der Waals surface area contributed by atoms with Crippen LogP contribution in [0.25, 0.3) is 0 Å². The van der Waals surface area contributed by atoms with Crippen molar-refractivity contribution in [1.82, 2.24) is 0 Å². The number of hydrogen-bond donors (Lipinski definition) is 0. The van der Waals surface area contributed by atoms with E-state index < -0.39 is 4.92 Å². The van der Waals surface area contributed by atoms with Crippen LogP contribution in [0, 0.1) is 10.1 Å². The molecule has 2 rings (SSSR count). The minimum absolute atomic E-state index is 0.101. The number of carbonyl (C=O) groups excluding carboxylic acids is 1. The highest BCUT2D eigenvalue weighted by Gasteiger charge is 2.17. The Hall–Kier alpha value is -2.11. The molecule has 0 aliphatic rings. The zero-order valence-electron chi connectivity index (χ0n) is 10.6. The molecule has 0 saturated carbocycles. The lowest BCUT2D eigenvalue weighted by Gasteiger charge is -2.10. The number of nitro benzene ring substituents is 1. The third-order valence-corrected chi connectivity index (χ3v) is 3.40. The Labute approximate surface area is 130 Å². The van der Waals surface area contributed by atoms with Gasteiger partial charge in [-0.25, -0.2) is 0 Å². The molecule has 0 fully saturated rings. The topological polar surface area (TPSA) is 69.4 Å². The summed E-state index contributed by atoms with van der Waals surface area (Å²) in [5.74, 6) is 0.316. The summed E-state index contributed by atoms with van der Waals surface area (Å²) in [5.41, 5.74) is 0.555. The quantitative estimate of drug-likeness (QED) is 0.467. The van der Waals surface area contributed by atoms with Gasteiger partial charge in [0.2, 0.25) is 0 Å². The highest BCUT2D eigenvalue weighted by atomic mass is 35.5. The lowest BCUT2D eigenvalue weighted by Crippen LogP contribution is -2.02. The van der Waals surface area contributed by atoms with Crippen molar-refractivity contribution in [2.24, 2.45) is 0 Å². The molecule has 108 valence electrons. The molecular weight excluding hydrogens is 317 g/mol. The summed E-state index contributed by atoms with van der Waals surface area (Å²) >= 11 is 11.9. The average Bonchev–Trinajstić information content (AvgIpc) is 2.46. The molecule has 21 heavy (non-hydrogen) atoms. The summed E-state index contributed by atoms with van der Waals surface area (Å²) < 4.78 is 5.46. The van der Waals surface area contributed by atoms with Crippen LogP contribution in [0.5, 0.6) is 5.75 Å². The molecule has 0 spiro atoms. The Bertz CT molecular complexity index is 703. The van der Waals surface area contributed by atoms with Crippen molar-refractivity contribution >= 4 is 35.2 Å². The second-order valence-electron chi connectivity index (χ2n) is 4.09. The number of nitrogens with zero attached hydrogens (tertiary/aromatic N) is 1. The molecule has 0 amide bonds. The molecule has 0 radical (unpaired) electrons. The monoisotopic (exact) mass is 325 g/mol. The van der Waals surface area contributed by atoms with Crippen molar-refractivity contribution in [3.05, 3.63) is 67.7 Å². The summed E-state index contributed by atoms with van der Waals surface area (Å²) in [6, 6.07) is 8.90. The van der Waals surface area contributed by atoms with E-state index in [2.05, 4.69) is 0 Å². The predicted molar refractivity (Wildman–Crippen MR) is 79.3 cm³/mol. The lowest BCUT2D eigenvalue weighted by molar-refractivity contribution is -0.385. The number of rotatable bonds is 5. The fourth-order valence-electron chi connectivity index (χ4n) is 1.72. The van der Waals surface area contributed by atoms with Crippen molar-refractivity contribution in [3.63, 3.8) is 0 Å². The first kappa shape index (κ1) is 15.3. The summed E-state index contributed by atoms with van der Waals surface area (Å²) in [5, 5.41) is 11.4. The Morgan fingerprint density at radius 2 is 1.95 bits per heavy atom. The van der Waals surface area contributed by atoms with E-state index in [0.29, 0.717) is 17.6 Å². The van der Waals surface area contributed by atoms with Gasteiger partial charge < -0.3 is 4.74 Å². The predicted octanol–water partition coefficient (Wildman–Crippen LogP) is 4.29. The van der Waals surface area contributed by atoms with Gasteiger partial charge in [-0.15, -0.1) is 0 Å². The van der Waals surface area contributed by atoms with E-state index in [0.717, 1.165) is 0 Å². The van der Waals surface area contributed by atoms with E-state index in [1.54, 1.807) is 6.07 Å². The van der Waals surface area contributed by atoms with Crippen LogP contribution in [-0.4, -0.2) is 11.2 Å². The first-order valence-electron chi connectivity index (χ1n) is 5.82. The third-order valence-electron chi connectivity index (χ3n) is 2.75. The van der Waals surface area contributed by atoms with Gasteiger partial charge >= 0.3 is 0 Å². The van der Waals surface area contributed by atoms with E-state index in [1.807, 2.05) is 0 Å².